The Labute approximate surface area is 219 Å². The van der Waals surface area contributed by atoms with E-state index in [-0.39, 0.29) is 24.0 Å². The van der Waals surface area contributed by atoms with Crippen LogP contribution in [-0.4, -0.2) is 41.9 Å². The smallest absolute Gasteiger partial charge is 0.271 e. The summed E-state index contributed by atoms with van der Waals surface area (Å²) >= 11 is 17.2. The summed E-state index contributed by atoms with van der Waals surface area (Å²) in [5.41, 5.74) is 9.76. The van der Waals surface area contributed by atoms with Crippen molar-refractivity contribution < 1.29 is 9.59 Å². The molecule has 3 N–H and O–H groups in total. The minimum atomic E-state index is -1.08. The summed E-state index contributed by atoms with van der Waals surface area (Å²) < 4.78 is 0. The van der Waals surface area contributed by atoms with Crippen molar-refractivity contribution in [3.05, 3.63) is 93.5 Å². The molecular weight excluding hydrogens is 503 g/mol. The Hall–Kier alpha value is -2.68. The summed E-state index contributed by atoms with van der Waals surface area (Å²) in [6.07, 6.45) is -1.08. The van der Waals surface area contributed by atoms with E-state index in [4.69, 9.17) is 33.9 Å². The highest BCUT2D eigenvalue weighted by Gasteiger charge is 2.34. The number of halogens is 2. The number of anilines is 2. The molecule has 0 radical (unpaired) electrons. The Bertz CT molecular complexity index is 1300. The van der Waals surface area contributed by atoms with E-state index in [9.17, 15) is 9.59 Å². The van der Waals surface area contributed by atoms with Crippen LogP contribution in [0.3, 0.4) is 0 Å². The molecule has 1 heterocycles. The van der Waals surface area contributed by atoms with E-state index in [0.717, 1.165) is 11.1 Å². The Morgan fingerprint density at radius 2 is 1.86 bits per heavy atom. The van der Waals surface area contributed by atoms with Crippen LogP contribution in [0.1, 0.15) is 16.7 Å². The van der Waals surface area contributed by atoms with Gasteiger partial charge in [0.25, 0.3) is 5.91 Å². The van der Waals surface area contributed by atoms with Crippen LogP contribution >= 0.6 is 35.8 Å². The van der Waals surface area contributed by atoms with Gasteiger partial charge >= 0.3 is 0 Å². The average Bonchev–Trinajstić information content (AvgIpc) is 2.98. The number of ketones is 1. The van der Waals surface area contributed by atoms with Crippen LogP contribution in [0.25, 0.3) is 0 Å². The van der Waals surface area contributed by atoms with Crippen LogP contribution in [0.15, 0.2) is 71.7 Å². The molecule has 1 amide bonds. The molecule has 3 aromatic carbocycles. The Kier molecular flexibility index (Phi) is 7.94. The van der Waals surface area contributed by atoms with Crippen molar-refractivity contribution in [2.75, 3.05) is 17.2 Å². The maximum atomic E-state index is 14.0. The molecule has 0 spiro atoms. The van der Waals surface area contributed by atoms with Crippen molar-refractivity contribution in [1.82, 2.24) is 5.32 Å². The zero-order chi connectivity index (χ0) is 25.1. The molecule has 0 bridgehead atoms. The van der Waals surface area contributed by atoms with Gasteiger partial charge in [0.2, 0.25) is 0 Å². The number of thiol groups is 1. The molecule has 9 heteroatoms. The quantitative estimate of drug-likeness (QED) is 0.394. The zero-order valence-corrected chi connectivity index (χ0v) is 21.3. The predicted molar refractivity (Wildman–Crippen MR) is 145 cm³/mol. The van der Waals surface area contributed by atoms with Crippen LogP contribution in [0.2, 0.25) is 10.0 Å². The minimum Gasteiger partial charge on any atom is -0.321 e. The number of amides is 1. The van der Waals surface area contributed by atoms with Crippen molar-refractivity contribution in [3.63, 3.8) is 0 Å². The first-order valence-electron chi connectivity index (χ1n) is 11.0. The van der Waals surface area contributed by atoms with Gasteiger partial charge in [0, 0.05) is 21.9 Å². The molecule has 3 aromatic rings. The van der Waals surface area contributed by atoms with Crippen molar-refractivity contribution in [2.24, 2.45) is 10.7 Å². The lowest BCUT2D eigenvalue weighted by atomic mass is 10.00. The Balaban J connectivity index is 1.91. The van der Waals surface area contributed by atoms with Gasteiger partial charge in [0.05, 0.1) is 34.7 Å². The molecule has 180 valence electrons. The maximum Gasteiger partial charge on any atom is 0.271 e. The number of carbonyl (C=O) groups is 2. The van der Waals surface area contributed by atoms with E-state index in [1.807, 2.05) is 49.4 Å². The fourth-order valence-electron chi connectivity index (χ4n) is 3.83. The number of hydrogen-bond acceptors (Lipinski definition) is 6. The highest BCUT2D eigenvalue weighted by Crippen LogP contribution is 2.39. The van der Waals surface area contributed by atoms with E-state index in [2.05, 4.69) is 17.9 Å². The van der Waals surface area contributed by atoms with Crippen molar-refractivity contribution in [3.8, 4) is 0 Å². The number of carbonyl (C=O) groups excluding carboxylic acids is 2. The van der Waals surface area contributed by atoms with Crippen molar-refractivity contribution in [2.45, 2.75) is 19.1 Å². The van der Waals surface area contributed by atoms with Gasteiger partial charge in [0.15, 0.2) is 11.9 Å². The number of benzene rings is 3. The summed E-state index contributed by atoms with van der Waals surface area (Å²) in [6, 6.07) is 19.5. The second kappa shape index (κ2) is 10.9. The lowest BCUT2D eigenvalue weighted by Crippen LogP contribution is -2.48. The van der Waals surface area contributed by atoms with E-state index in [1.54, 1.807) is 24.3 Å². The molecule has 0 saturated carbocycles. The molecule has 1 aliphatic heterocycles. The lowest BCUT2D eigenvalue weighted by molar-refractivity contribution is -0.121. The largest absolute Gasteiger partial charge is 0.321 e. The number of nitrogens with zero attached hydrogens (tertiary/aromatic N) is 2. The number of benzodiazepines with no additional fused rings is 1. The van der Waals surface area contributed by atoms with E-state index in [0.29, 0.717) is 32.7 Å². The maximum absolute atomic E-state index is 14.0. The molecule has 2 atom stereocenters. The van der Waals surface area contributed by atoms with Gasteiger partial charge in [-0.15, -0.1) is 0 Å². The molecule has 1 aliphatic rings. The summed E-state index contributed by atoms with van der Waals surface area (Å²) in [5, 5.41) is 3.93. The molecule has 35 heavy (non-hydrogen) atoms. The standard InChI is InChI=1S/C26H24Cl2N4O2S/c1-15-6-5-9-21(23(15)28)32-20-11-10-17(27)12-18(20)24(16-7-3-2-4-8-16)31-25(26(32)34)30-13-22(33)19(29)14-35/h2-12,19,25,30,35H,13-14,29H2,1H3. The number of rotatable bonds is 7. The number of nitrogens with two attached hydrogens (primary N) is 1. The van der Waals surface area contributed by atoms with Crippen LogP contribution in [0.5, 0.6) is 0 Å². The first-order valence-corrected chi connectivity index (χ1v) is 12.4. The predicted octanol–water partition coefficient (Wildman–Crippen LogP) is 4.56. The number of hydrogen-bond donors (Lipinski definition) is 3. The van der Waals surface area contributed by atoms with Crippen LogP contribution < -0.4 is 16.0 Å². The van der Waals surface area contributed by atoms with Gasteiger partial charge in [0.1, 0.15) is 0 Å². The Morgan fingerprint density at radius 1 is 1.11 bits per heavy atom. The van der Waals surface area contributed by atoms with Gasteiger partial charge in [-0.25, -0.2) is 0 Å². The fourth-order valence-corrected chi connectivity index (χ4v) is 4.42. The van der Waals surface area contributed by atoms with E-state index >= 15 is 0 Å². The Morgan fingerprint density at radius 3 is 2.57 bits per heavy atom. The van der Waals surface area contributed by atoms with Gasteiger partial charge < -0.3 is 5.73 Å². The normalized spacial score (nSPS) is 16.4. The number of nitrogens with one attached hydrogen (secondary N) is 1. The molecule has 4 rings (SSSR count). The highest BCUT2D eigenvalue weighted by molar-refractivity contribution is 7.80. The summed E-state index contributed by atoms with van der Waals surface area (Å²) in [4.78, 5) is 32.7. The molecule has 0 aliphatic carbocycles. The van der Waals surface area contributed by atoms with Gasteiger partial charge in [-0.2, -0.15) is 12.6 Å². The monoisotopic (exact) mass is 526 g/mol. The molecule has 0 fully saturated rings. The lowest BCUT2D eigenvalue weighted by Gasteiger charge is -2.27. The molecule has 0 aromatic heterocycles. The number of Topliss-reactive ketones (excluding diaryl/α,β-unsaturated/α-hetero) is 1. The number of aliphatic imine (C=N–C) groups is 1. The van der Waals surface area contributed by atoms with Gasteiger partial charge in [-0.1, -0.05) is 65.7 Å². The average molecular weight is 527 g/mol. The first kappa shape index (κ1) is 25.4. The van der Waals surface area contributed by atoms with Gasteiger partial charge in [-0.05, 0) is 36.8 Å². The molecule has 2 unspecified atom stereocenters. The van der Waals surface area contributed by atoms with Gasteiger partial charge in [-0.3, -0.25) is 24.8 Å². The summed E-state index contributed by atoms with van der Waals surface area (Å²) in [7, 11) is 0. The number of fused-ring (bicyclic) bond motifs is 1. The second-order valence-corrected chi connectivity index (χ2v) is 9.31. The highest BCUT2D eigenvalue weighted by atomic mass is 35.5. The van der Waals surface area contributed by atoms with E-state index < -0.39 is 12.2 Å². The van der Waals surface area contributed by atoms with Crippen molar-refractivity contribution in [1.29, 1.82) is 0 Å². The van der Waals surface area contributed by atoms with Crippen LogP contribution in [0, 0.1) is 6.92 Å². The molecule has 6 nitrogen and oxygen atoms in total. The molecular formula is C26H24Cl2N4O2S. The summed E-state index contributed by atoms with van der Waals surface area (Å²) in [6.45, 7) is 1.73. The third kappa shape index (κ3) is 5.29. The van der Waals surface area contributed by atoms with Crippen LogP contribution in [-0.2, 0) is 9.59 Å². The fraction of sp³-hybridized carbons (Fsp3) is 0.192. The summed E-state index contributed by atoms with van der Waals surface area (Å²) in [5.74, 6) is -0.458. The minimum absolute atomic E-state index is 0.143. The third-order valence-electron chi connectivity index (χ3n) is 5.71. The first-order chi connectivity index (χ1) is 16.8. The third-order valence-corrected chi connectivity index (χ3v) is 6.83. The van der Waals surface area contributed by atoms with E-state index in [1.165, 1.54) is 4.90 Å². The SMILES string of the molecule is Cc1cccc(N2C(=O)C(NCC(=O)C(N)CS)N=C(c3ccccc3)c3cc(Cl)ccc32)c1Cl. The second-order valence-electron chi connectivity index (χ2n) is 8.13. The zero-order valence-electron chi connectivity index (χ0n) is 18.9. The van der Waals surface area contributed by atoms with Crippen molar-refractivity contribution >= 4 is 64.6 Å². The van der Waals surface area contributed by atoms with Crippen LogP contribution in [0.4, 0.5) is 11.4 Å². The topological polar surface area (TPSA) is 87.8 Å². The number of aryl methyl sites for hydroxylation is 1. The molecule has 0 saturated heterocycles.